The molecular weight excluding hydrogens is 148 g/mol. The molecule has 0 spiro atoms. The van der Waals surface area contributed by atoms with E-state index in [4.69, 9.17) is 9.44 Å². The summed E-state index contributed by atoms with van der Waals surface area (Å²) in [6, 6.07) is 2.10. The molecule has 1 saturated heterocycles. The minimum Gasteiger partial charge on any atom is -0.314 e. The molecule has 10 heavy (non-hydrogen) atoms. The highest BCUT2D eigenvalue weighted by atomic mass is 32.1. The van der Waals surface area contributed by atoms with E-state index in [1.807, 2.05) is 0 Å². The lowest BCUT2D eigenvalue weighted by molar-refractivity contribution is 0.245. The molecule has 0 aromatic rings. The van der Waals surface area contributed by atoms with Gasteiger partial charge in [-0.3, -0.25) is 4.90 Å². The fraction of sp³-hybridized carbons (Fsp3) is 0.833. The van der Waals surface area contributed by atoms with E-state index in [0.29, 0.717) is 6.54 Å². The number of nitriles is 1. The number of rotatable bonds is 2. The van der Waals surface area contributed by atoms with Gasteiger partial charge in [0.15, 0.2) is 0 Å². The molecule has 1 aliphatic heterocycles. The second-order valence-electron chi connectivity index (χ2n) is 2.41. The van der Waals surface area contributed by atoms with Crippen LogP contribution in [0.1, 0.15) is 6.42 Å². The first-order valence-corrected chi connectivity index (χ1v) is 3.63. The molecular formula is C6H10N2OS. The Hall–Kier alpha value is -0.240. The van der Waals surface area contributed by atoms with Crippen molar-refractivity contribution >= 4 is 12.9 Å². The molecule has 0 radical (unpaired) electrons. The van der Waals surface area contributed by atoms with Crippen LogP contribution < -0.4 is 0 Å². The summed E-state index contributed by atoms with van der Waals surface area (Å²) in [5, 5.41) is 8.33. The van der Waals surface area contributed by atoms with Gasteiger partial charge in [-0.2, -0.15) is 5.26 Å². The van der Waals surface area contributed by atoms with E-state index in [9.17, 15) is 0 Å². The lowest BCUT2D eigenvalue weighted by Gasteiger charge is -2.08. The molecule has 1 unspecified atom stereocenters. The molecule has 56 valence electrons. The van der Waals surface area contributed by atoms with E-state index in [2.05, 4.69) is 23.9 Å². The van der Waals surface area contributed by atoms with Crippen molar-refractivity contribution in [1.82, 2.24) is 4.90 Å². The summed E-state index contributed by atoms with van der Waals surface area (Å²) in [5.41, 5.74) is 0. The van der Waals surface area contributed by atoms with Crippen LogP contribution in [0.25, 0.3) is 0 Å². The summed E-state index contributed by atoms with van der Waals surface area (Å²) in [5.74, 6) is 0. The topological polar surface area (TPSA) is 36.3 Å². The third kappa shape index (κ3) is 1.87. The fourth-order valence-electron chi connectivity index (χ4n) is 1.13. The molecule has 0 saturated carbocycles. The van der Waals surface area contributed by atoms with Crippen molar-refractivity contribution in [2.75, 3.05) is 19.6 Å². The summed E-state index contributed by atoms with van der Waals surface area (Å²) in [4.78, 5) is 2.06. The van der Waals surface area contributed by atoms with Gasteiger partial charge in [0.2, 0.25) is 0 Å². The van der Waals surface area contributed by atoms with Crippen LogP contribution in [0, 0.1) is 11.3 Å². The average Bonchev–Trinajstić information content (AvgIpc) is 2.37. The van der Waals surface area contributed by atoms with Crippen LogP contribution in [0.4, 0.5) is 0 Å². The molecule has 0 N–H and O–H groups in total. The highest BCUT2D eigenvalue weighted by Crippen LogP contribution is 2.12. The zero-order valence-electron chi connectivity index (χ0n) is 5.66. The molecule has 0 bridgehead atoms. The van der Waals surface area contributed by atoms with E-state index in [1.54, 1.807) is 0 Å². The van der Waals surface area contributed by atoms with Gasteiger partial charge in [0.25, 0.3) is 0 Å². The van der Waals surface area contributed by atoms with Crippen molar-refractivity contribution in [2.24, 2.45) is 0 Å². The van der Waals surface area contributed by atoms with Gasteiger partial charge in [0.05, 0.1) is 18.7 Å². The third-order valence-electron chi connectivity index (χ3n) is 1.67. The number of thiol groups is 1. The Balaban J connectivity index is 2.23. The monoisotopic (exact) mass is 158 g/mol. The summed E-state index contributed by atoms with van der Waals surface area (Å²) in [7, 11) is 0. The number of likely N-dealkylation sites (tertiary alicyclic amines) is 1. The summed E-state index contributed by atoms with van der Waals surface area (Å²) >= 11 is 3.71. The van der Waals surface area contributed by atoms with Gasteiger partial charge in [-0.15, -0.1) is 0 Å². The van der Waals surface area contributed by atoms with Crippen molar-refractivity contribution < 1.29 is 4.18 Å². The standard InChI is InChI=1S/C6H10N2OS/c7-2-4-8-3-1-6(5-8)9-10/h6,10H,1,3-5H2. The number of hydrogen-bond acceptors (Lipinski definition) is 4. The largest absolute Gasteiger partial charge is 0.314 e. The maximum absolute atomic E-state index is 8.33. The lowest BCUT2D eigenvalue weighted by atomic mass is 10.3. The van der Waals surface area contributed by atoms with Crippen molar-refractivity contribution in [3.05, 3.63) is 0 Å². The molecule has 0 amide bonds. The Morgan fingerprint density at radius 1 is 1.80 bits per heavy atom. The molecule has 1 heterocycles. The van der Waals surface area contributed by atoms with E-state index in [-0.39, 0.29) is 6.10 Å². The van der Waals surface area contributed by atoms with E-state index >= 15 is 0 Å². The first kappa shape index (κ1) is 7.86. The first-order chi connectivity index (χ1) is 4.86. The van der Waals surface area contributed by atoms with Crippen molar-refractivity contribution in [2.45, 2.75) is 12.5 Å². The van der Waals surface area contributed by atoms with Gasteiger partial charge in [-0.1, -0.05) is 0 Å². The third-order valence-corrected chi connectivity index (χ3v) is 1.97. The Morgan fingerprint density at radius 3 is 3.10 bits per heavy atom. The quantitative estimate of drug-likeness (QED) is 0.360. The van der Waals surface area contributed by atoms with Gasteiger partial charge in [-0.05, 0) is 19.3 Å². The Labute approximate surface area is 66.2 Å². The summed E-state index contributed by atoms with van der Waals surface area (Å²) in [6.45, 7) is 2.31. The maximum Gasteiger partial charge on any atom is 0.0866 e. The minimum absolute atomic E-state index is 0.219. The lowest BCUT2D eigenvalue weighted by Crippen LogP contribution is -2.22. The van der Waals surface area contributed by atoms with Crippen LogP contribution in [0.15, 0.2) is 0 Å². The van der Waals surface area contributed by atoms with Crippen LogP contribution in [0.3, 0.4) is 0 Å². The van der Waals surface area contributed by atoms with Crippen molar-refractivity contribution in [3.63, 3.8) is 0 Å². The van der Waals surface area contributed by atoms with Crippen LogP contribution in [0.2, 0.25) is 0 Å². The van der Waals surface area contributed by atoms with Crippen LogP contribution >= 0.6 is 12.9 Å². The molecule has 0 aromatic heterocycles. The Kier molecular flexibility index (Phi) is 3.00. The number of nitrogens with zero attached hydrogens (tertiary/aromatic N) is 2. The van der Waals surface area contributed by atoms with Gasteiger partial charge in [0.1, 0.15) is 0 Å². The fourth-order valence-corrected chi connectivity index (χ4v) is 1.30. The Bertz CT molecular complexity index is 145. The molecule has 1 aliphatic rings. The maximum atomic E-state index is 8.33. The highest BCUT2D eigenvalue weighted by Gasteiger charge is 2.21. The van der Waals surface area contributed by atoms with Gasteiger partial charge in [0, 0.05) is 13.1 Å². The second kappa shape index (κ2) is 3.81. The highest BCUT2D eigenvalue weighted by molar-refractivity contribution is 7.75. The predicted octanol–water partition coefficient (Wildman–Crippen LogP) is 0.446. The molecule has 1 fully saturated rings. The first-order valence-electron chi connectivity index (χ1n) is 3.26. The second-order valence-corrected chi connectivity index (χ2v) is 2.62. The van der Waals surface area contributed by atoms with Crippen LogP contribution in [-0.4, -0.2) is 30.6 Å². The normalized spacial score (nSPS) is 26.6. The molecule has 0 aromatic carbocycles. The van der Waals surface area contributed by atoms with Gasteiger partial charge >= 0.3 is 0 Å². The van der Waals surface area contributed by atoms with Gasteiger partial charge in [-0.25, -0.2) is 0 Å². The summed E-state index contributed by atoms with van der Waals surface area (Å²) < 4.78 is 4.83. The minimum atomic E-state index is 0.219. The zero-order chi connectivity index (χ0) is 7.40. The smallest absolute Gasteiger partial charge is 0.0866 e. The Morgan fingerprint density at radius 2 is 2.60 bits per heavy atom. The molecule has 1 rings (SSSR count). The summed E-state index contributed by atoms with van der Waals surface area (Å²) in [6.07, 6.45) is 1.21. The van der Waals surface area contributed by atoms with Crippen molar-refractivity contribution in [3.8, 4) is 6.07 Å². The average molecular weight is 158 g/mol. The van der Waals surface area contributed by atoms with Crippen LogP contribution in [-0.2, 0) is 4.18 Å². The van der Waals surface area contributed by atoms with E-state index in [0.717, 1.165) is 19.5 Å². The van der Waals surface area contributed by atoms with Crippen molar-refractivity contribution in [1.29, 1.82) is 5.26 Å². The zero-order valence-corrected chi connectivity index (χ0v) is 6.55. The van der Waals surface area contributed by atoms with E-state index < -0.39 is 0 Å². The SMILES string of the molecule is N#CCN1CCC(OS)C1. The molecule has 0 aliphatic carbocycles. The molecule has 3 nitrogen and oxygen atoms in total. The van der Waals surface area contributed by atoms with E-state index in [1.165, 1.54) is 0 Å². The van der Waals surface area contributed by atoms with Gasteiger partial charge < -0.3 is 4.18 Å². The van der Waals surface area contributed by atoms with Crippen LogP contribution in [0.5, 0.6) is 0 Å². The molecule has 1 atom stereocenters. The molecule has 4 heteroatoms. The number of hydrogen-bond donors (Lipinski definition) is 1. The predicted molar refractivity (Wildman–Crippen MR) is 40.5 cm³/mol.